The highest BCUT2D eigenvalue weighted by molar-refractivity contribution is 6.29. The molecule has 1 N–H and O–H groups in total. The lowest BCUT2D eigenvalue weighted by molar-refractivity contribution is 0.902. The molecule has 22 heavy (non-hydrogen) atoms. The fourth-order valence-corrected chi connectivity index (χ4v) is 3.57. The Morgan fingerprint density at radius 2 is 2.09 bits per heavy atom. The molecule has 2 atom stereocenters. The van der Waals surface area contributed by atoms with Crippen molar-refractivity contribution in [1.29, 1.82) is 0 Å². The van der Waals surface area contributed by atoms with Crippen LogP contribution < -0.4 is 5.32 Å². The van der Waals surface area contributed by atoms with Crippen molar-refractivity contribution in [1.82, 2.24) is 15.2 Å². The maximum absolute atomic E-state index is 6.03. The van der Waals surface area contributed by atoms with Crippen LogP contribution >= 0.6 is 11.6 Å². The van der Waals surface area contributed by atoms with E-state index >= 15 is 0 Å². The van der Waals surface area contributed by atoms with Gasteiger partial charge in [-0.05, 0) is 54.4 Å². The Kier molecular flexibility index (Phi) is 3.34. The van der Waals surface area contributed by atoms with E-state index in [1.807, 2.05) is 19.3 Å². The zero-order chi connectivity index (χ0) is 15.1. The van der Waals surface area contributed by atoms with E-state index in [1.165, 1.54) is 16.8 Å². The number of nitrogens with zero attached hydrogens (tertiary/aromatic N) is 3. The first kappa shape index (κ1) is 13.7. The minimum atomic E-state index is 0.455. The molecule has 2 heterocycles. The van der Waals surface area contributed by atoms with Gasteiger partial charge in [-0.25, -0.2) is 0 Å². The molecule has 0 amide bonds. The van der Waals surface area contributed by atoms with Crippen molar-refractivity contribution < 1.29 is 0 Å². The Bertz CT molecular complexity index is 756. The monoisotopic (exact) mass is 312 g/mol. The molecule has 2 aliphatic carbocycles. The van der Waals surface area contributed by atoms with E-state index in [0.29, 0.717) is 17.0 Å². The third-order valence-electron chi connectivity index (χ3n) is 4.56. The van der Waals surface area contributed by atoms with Gasteiger partial charge in [-0.1, -0.05) is 23.8 Å². The van der Waals surface area contributed by atoms with Crippen molar-refractivity contribution in [2.75, 3.05) is 12.4 Å². The average Bonchev–Trinajstić information content (AvgIpc) is 3.34. The van der Waals surface area contributed by atoms with Gasteiger partial charge in [0.1, 0.15) is 0 Å². The maximum Gasteiger partial charge on any atom is 0.152 e. The Morgan fingerprint density at radius 1 is 1.23 bits per heavy atom. The van der Waals surface area contributed by atoms with Gasteiger partial charge in [-0.15, -0.1) is 10.2 Å². The number of aryl methyl sites for hydroxylation is 1. The van der Waals surface area contributed by atoms with Crippen molar-refractivity contribution in [3.63, 3.8) is 0 Å². The molecule has 1 saturated carbocycles. The van der Waals surface area contributed by atoms with Crippen molar-refractivity contribution in [3.05, 3.63) is 51.9 Å². The van der Waals surface area contributed by atoms with Gasteiger partial charge in [-0.3, -0.25) is 4.98 Å². The molecule has 5 heteroatoms. The lowest BCUT2D eigenvalue weighted by atomic mass is 9.94. The van der Waals surface area contributed by atoms with Crippen LogP contribution in [0.25, 0.3) is 6.08 Å². The van der Waals surface area contributed by atoms with Crippen LogP contribution in [-0.4, -0.2) is 22.2 Å². The summed E-state index contributed by atoms with van der Waals surface area (Å²) in [5.74, 6) is 1.81. The van der Waals surface area contributed by atoms with Crippen LogP contribution in [0.1, 0.15) is 47.1 Å². The Hall–Kier alpha value is -1.94. The van der Waals surface area contributed by atoms with Gasteiger partial charge >= 0.3 is 0 Å². The van der Waals surface area contributed by atoms with Gasteiger partial charge < -0.3 is 5.32 Å². The number of nitrogens with one attached hydrogen (secondary N) is 1. The Balaban J connectivity index is 1.69. The summed E-state index contributed by atoms with van der Waals surface area (Å²) in [6.07, 6.45) is 9.68. The number of aromatic nitrogens is 3. The third kappa shape index (κ3) is 2.28. The molecule has 0 aromatic carbocycles. The van der Waals surface area contributed by atoms with Gasteiger partial charge in [0.15, 0.2) is 11.0 Å². The lowest BCUT2D eigenvalue weighted by Crippen LogP contribution is -2.03. The first-order valence-corrected chi connectivity index (χ1v) is 8.01. The predicted molar refractivity (Wildman–Crippen MR) is 88.3 cm³/mol. The zero-order valence-electron chi connectivity index (χ0n) is 12.4. The van der Waals surface area contributed by atoms with E-state index in [1.54, 1.807) is 0 Å². The molecular weight excluding hydrogens is 296 g/mol. The van der Waals surface area contributed by atoms with Crippen LogP contribution in [0.5, 0.6) is 0 Å². The second-order valence-electron chi connectivity index (χ2n) is 5.87. The summed E-state index contributed by atoms with van der Waals surface area (Å²) in [6.45, 7) is 0. The fourth-order valence-electron chi connectivity index (χ4n) is 3.41. The molecule has 0 spiro atoms. The minimum absolute atomic E-state index is 0.455. The van der Waals surface area contributed by atoms with Gasteiger partial charge in [0.2, 0.25) is 0 Å². The van der Waals surface area contributed by atoms with E-state index in [4.69, 9.17) is 11.6 Å². The highest BCUT2D eigenvalue weighted by Crippen LogP contribution is 2.57. The molecule has 1 fully saturated rings. The first-order valence-electron chi connectivity index (χ1n) is 7.63. The normalized spacial score (nSPS) is 22.3. The molecular formula is C17H17ClN4. The number of hydrogen-bond acceptors (Lipinski definition) is 4. The number of rotatable bonds is 3. The molecule has 0 aliphatic heterocycles. The minimum Gasteiger partial charge on any atom is -0.371 e. The molecule has 4 nitrogen and oxygen atoms in total. The molecule has 2 aromatic heterocycles. The fraction of sp³-hybridized carbons (Fsp3) is 0.353. The molecule has 0 radical (unpaired) electrons. The molecule has 112 valence electrons. The van der Waals surface area contributed by atoms with Crippen LogP contribution in [0.15, 0.2) is 24.4 Å². The second-order valence-corrected chi connectivity index (χ2v) is 6.26. The van der Waals surface area contributed by atoms with Crippen LogP contribution in [0, 0.1) is 0 Å². The van der Waals surface area contributed by atoms with E-state index in [-0.39, 0.29) is 0 Å². The smallest absolute Gasteiger partial charge is 0.152 e. The van der Waals surface area contributed by atoms with Crippen LogP contribution in [0.3, 0.4) is 0 Å². The third-order valence-corrected chi connectivity index (χ3v) is 4.74. The van der Waals surface area contributed by atoms with Crippen molar-refractivity contribution in [3.8, 4) is 0 Å². The zero-order valence-corrected chi connectivity index (χ0v) is 13.1. The summed E-state index contributed by atoms with van der Waals surface area (Å²) in [4.78, 5) is 4.53. The van der Waals surface area contributed by atoms with Gasteiger partial charge in [0.05, 0.1) is 0 Å². The van der Waals surface area contributed by atoms with Gasteiger partial charge in [-0.2, -0.15) is 0 Å². The summed E-state index contributed by atoms with van der Waals surface area (Å²) in [5, 5.41) is 11.6. The number of pyridine rings is 1. The maximum atomic E-state index is 6.03. The predicted octanol–water partition coefficient (Wildman–Crippen LogP) is 3.80. The van der Waals surface area contributed by atoms with E-state index < -0.39 is 0 Å². The number of halogens is 1. The molecule has 0 bridgehead atoms. The largest absolute Gasteiger partial charge is 0.371 e. The van der Waals surface area contributed by atoms with Crippen molar-refractivity contribution in [2.24, 2.45) is 0 Å². The second kappa shape index (κ2) is 5.36. The SMILES string of the molecule is CNc1nnc(Cl)cc1C1CC1c1ccnc2c1C=CCC2. The lowest BCUT2D eigenvalue weighted by Gasteiger charge is -2.14. The quantitative estimate of drug-likeness (QED) is 0.936. The number of anilines is 1. The summed E-state index contributed by atoms with van der Waals surface area (Å²) < 4.78 is 0. The Morgan fingerprint density at radius 3 is 2.95 bits per heavy atom. The molecule has 2 aromatic rings. The standard InChI is InChI=1S/C17H17ClN4/c1-19-17-14(9-16(18)21-22-17)13-8-12(13)10-6-7-20-15-5-3-2-4-11(10)15/h2,4,6-7,9,12-13H,3,5,8H2,1H3,(H,19,22). The summed E-state index contributed by atoms with van der Waals surface area (Å²) in [6, 6.07) is 4.10. The molecule has 2 aliphatic rings. The van der Waals surface area contributed by atoms with E-state index in [2.05, 4.69) is 38.7 Å². The van der Waals surface area contributed by atoms with E-state index in [0.717, 1.165) is 30.6 Å². The summed E-state index contributed by atoms with van der Waals surface area (Å²) >= 11 is 6.03. The van der Waals surface area contributed by atoms with Crippen LogP contribution in [0.4, 0.5) is 5.82 Å². The van der Waals surface area contributed by atoms with Crippen LogP contribution in [-0.2, 0) is 6.42 Å². The molecule has 0 saturated heterocycles. The van der Waals surface area contributed by atoms with Crippen molar-refractivity contribution >= 4 is 23.5 Å². The highest BCUT2D eigenvalue weighted by Gasteiger charge is 2.42. The first-order chi connectivity index (χ1) is 10.8. The molecule has 2 unspecified atom stereocenters. The van der Waals surface area contributed by atoms with E-state index in [9.17, 15) is 0 Å². The molecule has 4 rings (SSSR count). The van der Waals surface area contributed by atoms with Gasteiger partial charge in [0.25, 0.3) is 0 Å². The summed E-state index contributed by atoms with van der Waals surface area (Å²) in [5.41, 5.74) is 5.12. The number of fused-ring (bicyclic) bond motifs is 1. The average molecular weight is 313 g/mol. The summed E-state index contributed by atoms with van der Waals surface area (Å²) in [7, 11) is 1.87. The van der Waals surface area contributed by atoms with Gasteiger partial charge in [0, 0.05) is 24.5 Å². The highest BCUT2D eigenvalue weighted by atomic mass is 35.5. The van der Waals surface area contributed by atoms with Crippen LogP contribution in [0.2, 0.25) is 5.15 Å². The van der Waals surface area contributed by atoms with Crippen molar-refractivity contribution in [2.45, 2.75) is 31.1 Å². The Labute approximate surface area is 134 Å². The number of allylic oxidation sites excluding steroid dienone is 1. The topological polar surface area (TPSA) is 50.7 Å². The number of hydrogen-bond donors (Lipinski definition) is 1.